The summed E-state index contributed by atoms with van der Waals surface area (Å²) in [7, 11) is 0. The number of halogens is 1. The molecular formula is C19H21FN2O2. The molecule has 0 radical (unpaired) electrons. The first kappa shape index (κ1) is 16.3. The molecule has 2 aromatic rings. The highest BCUT2D eigenvalue weighted by molar-refractivity contribution is 5.89. The molecule has 1 atom stereocenters. The SMILES string of the molecule is O=C(Nc1ccccc1F)N1CCC(CCOc2ccccc2)C1. The van der Waals surface area contributed by atoms with Crippen molar-refractivity contribution in [1.82, 2.24) is 4.90 Å². The fraction of sp³-hybridized carbons (Fsp3) is 0.316. The van der Waals surface area contributed by atoms with Crippen LogP contribution in [0.1, 0.15) is 12.8 Å². The molecule has 1 fully saturated rings. The molecule has 2 aromatic carbocycles. The van der Waals surface area contributed by atoms with Gasteiger partial charge in [0.1, 0.15) is 11.6 Å². The minimum absolute atomic E-state index is 0.221. The number of rotatable bonds is 5. The largest absolute Gasteiger partial charge is 0.494 e. The van der Waals surface area contributed by atoms with E-state index >= 15 is 0 Å². The molecule has 3 rings (SSSR count). The summed E-state index contributed by atoms with van der Waals surface area (Å²) in [6.45, 7) is 2.01. The molecule has 126 valence electrons. The van der Waals surface area contributed by atoms with Gasteiger partial charge in [-0.15, -0.1) is 0 Å². The van der Waals surface area contributed by atoms with E-state index in [1.807, 2.05) is 30.3 Å². The van der Waals surface area contributed by atoms with Crippen molar-refractivity contribution in [2.45, 2.75) is 12.8 Å². The fourth-order valence-corrected chi connectivity index (χ4v) is 2.87. The normalized spacial score (nSPS) is 16.9. The maximum atomic E-state index is 13.6. The first-order chi connectivity index (χ1) is 11.7. The molecule has 0 bridgehead atoms. The highest BCUT2D eigenvalue weighted by Crippen LogP contribution is 2.22. The summed E-state index contributed by atoms with van der Waals surface area (Å²) in [5.41, 5.74) is 0.221. The van der Waals surface area contributed by atoms with Gasteiger partial charge in [-0.1, -0.05) is 30.3 Å². The lowest BCUT2D eigenvalue weighted by Crippen LogP contribution is -2.33. The summed E-state index contributed by atoms with van der Waals surface area (Å²) >= 11 is 0. The zero-order chi connectivity index (χ0) is 16.8. The van der Waals surface area contributed by atoms with Gasteiger partial charge >= 0.3 is 6.03 Å². The van der Waals surface area contributed by atoms with Gasteiger partial charge in [-0.25, -0.2) is 9.18 Å². The van der Waals surface area contributed by atoms with E-state index in [1.165, 1.54) is 6.07 Å². The Bertz CT molecular complexity index is 678. The van der Waals surface area contributed by atoms with Crippen LogP contribution < -0.4 is 10.1 Å². The van der Waals surface area contributed by atoms with E-state index in [1.54, 1.807) is 23.1 Å². The molecule has 1 heterocycles. The molecule has 4 nitrogen and oxygen atoms in total. The first-order valence-electron chi connectivity index (χ1n) is 8.20. The predicted molar refractivity (Wildman–Crippen MR) is 91.7 cm³/mol. The van der Waals surface area contributed by atoms with Gasteiger partial charge in [-0.05, 0) is 43.0 Å². The topological polar surface area (TPSA) is 41.6 Å². The Labute approximate surface area is 141 Å². The number of carbonyl (C=O) groups excluding carboxylic acids is 1. The second kappa shape index (κ2) is 7.81. The third-order valence-corrected chi connectivity index (χ3v) is 4.23. The van der Waals surface area contributed by atoms with Gasteiger partial charge in [0.2, 0.25) is 0 Å². The minimum Gasteiger partial charge on any atom is -0.494 e. The summed E-state index contributed by atoms with van der Waals surface area (Å²) < 4.78 is 19.3. The number of benzene rings is 2. The quantitative estimate of drug-likeness (QED) is 0.896. The van der Waals surface area contributed by atoms with E-state index in [-0.39, 0.29) is 11.7 Å². The molecule has 1 aliphatic rings. The Balaban J connectivity index is 1.43. The van der Waals surface area contributed by atoms with Crippen LogP contribution in [0.4, 0.5) is 14.9 Å². The van der Waals surface area contributed by atoms with Crippen LogP contribution in [0.3, 0.4) is 0 Å². The number of nitrogens with zero attached hydrogens (tertiary/aromatic N) is 1. The van der Waals surface area contributed by atoms with Crippen molar-refractivity contribution in [3.8, 4) is 5.75 Å². The van der Waals surface area contributed by atoms with Crippen molar-refractivity contribution in [1.29, 1.82) is 0 Å². The number of hydrogen-bond acceptors (Lipinski definition) is 2. The van der Waals surface area contributed by atoms with E-state index in [4.69, 9.17) is 4.74 Å². The zero-order valence-electron chi connectivity index (χ0n) is 13.5. The number of amides is 2. The first-order valence-corrected chi connectivity index (χ1v) is 8.20. The predicted octanol–water partition coefficient (Wildman–Crippen LogP) is 4.15. The molecule has 24 heavy (non-hydrogen) atoms. The number of nitrogens with one attached hydrogen (secondary N) is 1. The third-order valence-electron chi connectivity index (χ3n) is 4.23. The Morgan fingerprint density at radius 1 is 1.17 bits per heavy atom. The van der Waals surface area contributed by atoms with Crippen LogP contribution in [0.2, 0.25) is 0 Å². The van der Waals surface area contributed by atoms with Gasteiger partial charge in [0.25, 0.3) is 0 Å². The van der Waals surface area contributed by atoms with Crippen LogP contribution in [-0.2, 0) is 0 Å². The van der Waals surface area contributed by atoms with Crippen LogP contribution in [0.5, 0.6) is 5.75 Å². The van der Waals surface area contributed by atoms with Gasteiger partial charge < -0.3 is 15.0 Å². The third kappa shape index (κ3) is 4.25. The lowest BCUT2D eigenvalue weighted by atomic mass is 10.1. The van der Waals surface area contributed by atoms with E-state index in [2.05, 4.69) is 5.32 Å². The molecule has 1 aliphatic heterocycles. The Morgan fingerprint density at radius 2 is 1.92 bits per heavy atom. The molecule has 0 saturated carbocycles. The average Bonchev–Trinajstić information content (AvgIpc) is 3.07. The van der Waals surface area contributed by atoms with Gasteiger partial charge in [-0.2, -0.15) is 0 Å². The van der Waals surface area contributed by atoms with Crippen molar-refractivity contribution < 1.29 is 13.9 Å². The van der Waals surface area contributed by atoms with Crippen LogP contribution in [-0.4, -0.2) is 30.6 Å². The Morgan fingerprint density at radius 3 is 2.71 bits per heavy atom. The van der Waals surface area contributed by atoms with Crippen LogP contribution in [0.25, 0.3) is 0 Å². The van der Waals surface area contributed by atoms with E-state index < -0.39 is 5.82 Å². The average molecular weight is 328 g/mol. The van der Waals surface area contributed by atoms with E-state index in [9.17, 15) is 9.18 Å². The summed E-state index contributed by atoms with van der Waals surface area (Å²) in [5, 5.41) is 2.64. The van der Waals surface area contributed by atoms with Gasteiger partial charge in [-0.3, -0.25) is 0 Å². The Kier molecular flexibility index (Phi) is 5.31. The van der Waals surface area contributed by atoms with Crippen molar-refractivity contribution in [2.24, 2.45) is 5.92 Å². The second-order valence-electron chi connectivity index (χ2n) is 5.96. The molecular weight excluding hydrogens is 307 g/mol. The van der Waals surface area contributed by atoms with Crippen molar-refractivity contribution in [3.63, 3.8) is 0 Å². The smallest absolute Gasteiger partial charge is 0.321 e. The highest BCUT2D eigenvalue weighted by atomic mass is 19.1. The van der Waals surface area contributed by atoms with Crippen LogP contribution in [0.15, 0.2) is 54.6 Å². The summed E-state index contributed by atoms with van der Waals surface area (Å²) in [4.78, 5) is 14.0. The number of carbonyl (C=O) groups is 1. The Hall–Kier alpha value is -2.56. The van der Waals surface area contributed by atoms with Gasteiger partial charge in [0.15, 0.2) is 0 Å². The van der Waals surface area contributed by atoms with Gasteiger partial charge in [0, 0.05) is 13.1 Å². The lowest BCUT2D eigenvalue weighted by Gasteiger charge is -2.18. The molecule has 1 unspecified atom stereocenters. The maximum Gasteiger partial charge on any atom is 0.321 e. The zero-order valence-corrected chi connectivity index (χ0v) is 13.5. The molecule has 0 aliphatic carbocycles. The second-order valence-corrected chi connectivity index (χ2v) is 5.96. The maximum absolute atomic E-state index is 13.6. The number of likely N-dealkylation sites (tertiary alicyclic amines) is 1. The number of para-hydroxylation sites is 2. The van der Waals surface area contributed by atoms with Crippen LogP contribution >= 0.6 is 0 Å². The molecule has 5 heteroatoms. The van der Waals surface area contributed by atoms with Crippen molar-refractivity contribution >= 4 is 11.7 Å². The van der Waals surface area contributed by atoms with Crippen molar-refractivity contribution in [2.75, 3.05) is 25.0 Å². The fourth-order valence-electron chi connectivity index (χ4n) is 2.87. The number of urea groups is 1. The summed E-state index contributed by atoms with van der Waals surface area (Å²) in [6.07, 6.45) is 1.85. The standard InChI is InChI=1S/C19H21FN2O2/c20-17-8-4-5-9-18(17)21-19(23)22-12-10-15(14-22)11-13-24-16-6-2-1-3-7-16/h1-9,15H,10-14H2,(H,21,23). The molecule has 0 spiro atoms. The summed E-state index contributed by atoms with van der Waals surface area (Å²) in [5.74, 6) is 0.864. The molecule has 1 saturated heterocycles. The summed E-state index contributed by atoms with van der Waals surface area (Å²) in [6, 6.07) is 15.7. The molecule has 0 aromatic heterocycles. The lowest BCUT2D eigenvalue weighted by molar-refractivity contribution is 0.218. The monoisotopic (exact) mass is 328 g/mol. The highest BCUT2D eigenvalue weighted by Gasteiger charge is 2.26. The van der Waals surface area contributed by atoms with E-state index in [0.29, 0.717) is 25.6 Å². The molecule has 1 N–H and O–H groups in total. The van der Waals surface area contributed by atoms with Crippen LogP contribution in [0, 0.1) is 11.7 Å². The molecule has 2 amide bonds. The number of anilines is 1. The van der Waals surface area contributed by atoms with E-state index in [0.717, 1.165) is 18.6 Å². The number of hydrogen-bond donors (Lipinski definition) is 1. The van der Waals surface area contributed by atoms with Crippen molar-refractivity contribution in [3.05, 3.63) is 60.4 Å². The van der Waals surface area contributed by atoms with Gasteiger partial charge in [0.05, 0.1) is 12.3 Å². The minimum atomic E-state index is -0.419. The number of ether oxygens (including phenoxy) is 1.